The summed E-state index contributed by atoms with van der Waals surface area (Å²) in [5.41, 5.74) is 0.943. The van der Waals surface area contributed by atoms with Crippen LogP contribution >= 0.6 is 11.3 Å². The Balaban J connectivity index is 1.01. The average molecular weight is 509 g/mol. The lowest BCUT2D eigenvalue weighted by molar-refractivity contribution is -0.142. The molecule has 190 valence electrons. The number of rotatable bonds is 7. The Morgan fingerprint density at radius 3 is 2.28 bits per heavy atom. The van der Waals surface area contributed by atoms with Crippen LogP contribution in [-0.4, -0.2) is 83.9 Å². The molecule has 0 bridgehead atoms. The number of hydrogen-bond donors (Lipinski definition) is 0. The number of carbonyl (C=O) groups is 2. The number of aromatic nitrogens is 1. The number of para-hydroxylation sites is 1. The third-order valence-corrected chi connectivity index (χ3v) is 7.87. The van der Waals surface area contributed by atoms with Crippen molar-refractivity contribution in [3.05, 3.63) is 48.5 Å². The van der Waals surface area contributed by atoms with E-state index in [-0.39, 0.29) is 17.7 Å². The van der Waals surface area contributed by atoms with Gasteiger partial charge in [0.1, 0.15) is 18.1 Å². The Labute approximate surface area is 215 Å². The van der Waals surface area contributed by atoms with E-state index in [2.05, 4.69) is 9.88 Å². The van der Waals surface area contributed by atoms with E-state index in [1.807, 2.05) is 58.3 Å². The van der Waals surface area contributed by atoms with Crippen molar-refractivity contribution in [2.45, 2.75) is 19.8 Å². The molecule has 0 aliphatic carbocycles. The lowest BCUT2D eigenvalue weighted by atomic mass is 9.95. The second kappa shape index (κ2) is 11.3. The zero-order valence-electron chi connectivity index (χ0n) is 20.6. The van der Waals surface area contributed by atoms with Gasteiger partial charge in [0, 0.05) is 45.6 Å². The van der Waals surface area contributed by atoms with E-state index in [4.69, 9.17) is 9.47 Å². The highest BCUT2D eigenvalue weighted by atomic mass is 32.1. The van der Waals surface area contributed by atoms with E-state index < -0.39 is 0 Å². The van der Waals surface area contributed by atoms with Gasteiger partial charge in [-0.1, -0.05) is 23.5 Å². The van der Waals surface area contributed by atoms with Crippen LogP contribution in [0.15, 0.2) is 48.5 Å². The van der Waals surface area contributed by atoms with Crippen molar-refractivity contribution in [3.63, 3.8) is 0 Å². The zero-order valence-corrected chi connectivity index (χ0v) is 21.4. The molecule has 3 heterocycles. The molecule has 2 aliphatic heterocycles. The molecular weight excluding hydrogens is 476 g/mol. The van der Waals surface area contributed by atoms with Gasteiger partial charge in [0.15, 0.2) is 0 Å². The number of nitrogens with zero attached hydrogens (tertiary/aromatic N) is 4. The third-order valence-electron chi connectivity index (χ3n) is 6.95. The lowest BCUT2D eigenvalue weighted by Gasteiger charge is -2.38. The summed E-state index contributed by atoms with van der Waals surface area (Å²) in [6.07, 6.45) is 1.76. The van der Waals surface area contributed by atoms with Crippen LogP contribution in [0.4, 0.5) is 0 Å². The Hall–Kier alpha value is -3.17. The SMILES string of the molecule is CC(=O)N1CCN(C(=O)C2CCN(CCOc3ccc(Oc4nc5ccccc5s4)cc3)CC2)CC1. The summed E-state index contributed by atoms with van der Waals surface area (Å²) in [6.45, 7) is 7.43. The van der Waals surface area contributed by atoms with Crippen molar-refractivity contribution >= 4 is 33.4 Å². The molecule has 1 aromatic heterocycles. The van der Waals surface area contributed by atoms with Crippen LogP contribution in [0, 0.1) is 5.92 Å². The van der Waals surface area contributed by atoms with E-state index >= 15 is 0 Å². The summed E-state index contributed by atoms with van der Waals surface area (Å²) in [6, 6.07) is 15.6. The molecule has 8 nitrogen and oxygen atoms in total. The number of thiazole rings is 1. The molecule has 0 unspecified atom stereocenters. The quantitative estimate of drug-likeness (QED) is 0.482. The Kier molecular flexibility index (Phi) is 7.67. The van der Waals surface area contributed by atoms with Crippen LogP contribution < -0.4 is 9.47 Å². The Morgan fingerprint density at radius 2 is 1.58 bits per heavy atom. The summed E-state index contributed by atoms with van der Waals surface area (Å²) in [5, 5.41) is 0.630. The molecule has 0 spiro atoms. The van der Waals surface area contributed by atoms with E-state index in [1.165, 1.54) is 11.3 Å². The predicted octanol–water partition coefficient (Wildman–Crippen LogP) is 3.87. The van der Waals surface area contributed by atoms with E-state index in [0.717, 1.165) is 54.2 Å². The van der Waals surface area contributed by atoms with Crippen LogP contribution in [0.3, 0.4) is 0 Å². The van der Waals surface area contributed by atoms with Gasteiger partial charge < -0.3 is 19.3 Å². The number of benzene rings is 2. The number of ether oxygens (including phenoxy) is 2. The van der Waals surface area contributed by atoms with Crippen molar-refractivity contribution in [1.29, 1.82) is 0 Å². The Bertz CT molecular complexity index is 1150. The first-order valence-electron chi connectivity index (χ1n) is 12.6. The van der Waals surface area contributed by atoms with Gasteiger partial charge in [-0.2, -0.15) is 0 Å². The molecule has 2 aliphatic rings. The van der Waals surface area contributed by atoms with Crippen LogP contribution in [0.2, 0.25) is 0 Å². The van der Waals surface area contributed by atoms with Crippen molar-refractivity contribution in [1.82, 2.24) is 19.7 Å². The van der Waals surface area contributed by atoms with Crippen LogP contribution in [0.5, 0.6) is 16.7 Å². The van der Waals surface area contributed by atoms with Gasteiger partial charge in [0.05, 0.1) is 10.2 Å². The number of piperidine rings is 1. The van der Waals surface area contributed by atoms with E-state index in [9.17, 15) is 9.59 Å². The van der Waals surface area contributed by atoms with E-state index in [0.29, 0.717) is 38.0 Å². The number of amides is 2. The van der Waals surface area contributed by atoms with E-state index in [1.54, 1.807) is 6.92 Å². The lowest BCUT2D eigenvalue weighted by Crippen LogP contribution is -2.52. The summed E-state index contributed by atoms with van der Waals surface area (Å²) in [7, 11) is 0. The smallest absolute Gasteiger partial charge is 0.279 e. The van der Waals surface area contributed by atoms with Gasteiger partial charge in [0.2, 0.25) is 11.8 Å². The molecule has 2 fully saturated rings. The highest BCUT2D eigenvalue weighted by Crippen LogP contribution is 2.31. The fraction of sp³-hybridized carbons (Fsp3) is 0.444. The summed E-state index contributed by atoms with van der Waals surface area (Å²) < 4.78 is 13.0. The molecular formula is C27H32N4O4S. The van der Waals surface area contributed by atoms with Crippen molar-refractivity contribution in [2.75, 3.05) is 52.4 Å². The summed E-state index contributed by atoms with van der Waals surface area (Å²) in [5.74, 6) is 1.97. The van der Waals surface area contributed by atoms with Gasteiger partial charge in [-0.3, -0.25) is 14.5 Å². The minimum atomic E-state index is 0.0892. The minimum Gasteiger partial charge on any atom is -0.492 e. The first kappa shape index (κ1) is 24.5. The van der Waals surface area contributed by atoms with Gasteiger partial charge >= 0.3 is 0 Å². The fourth-order valence-electron chi connectivity index (χ4n) is 4.80. The molecule has 0 N–H and O–H groups in total. The molecule has 9 heteroatoms. The van der Waals surface area contributed by atoms with Gasteiger partial charge in [-0.25, -0.2) is 4.98 Å². The second-order valence-electron chi connectivity index (χ2n) is 9.32. The molecule has 3 aromatic rings. The predicted molar refractivity (Wildman–Crippen MR) is 140 cm³/mol. The number of hydrogen-bond acceptors (Lipinski definition) is 7. The second-order valence-corrected chi connectivity index (χ2v) is 10.3. The minimum absolute atomic E-state index is 0.0892. The number of piperazine rings is 1. The first-order chi connectivity index (χ1) is 17.5. The normalized spacial score (nSPS) is 17.4. The number of fused-ring (bicyclic) bond motifs is 1. The van der Waals surface area contributed by atoms with Gasteiger partial charge in [-0.15, -0.1) is 0 Å². The van der Waals surface area contributed by atoms with Gasteiger partial charge in [0.25, 0.3) is 5.19 Å². The maximum Gasteiger partial charge on any atom is 0.279 e. The number of carbonyl (C=O) groups excluding carboxylic acids is 2. The fourth-order valence-corrected chi connectivity index (χ4v) is 5.63. The van der Waals surface area contributed by atoms with Crippen molar-refractivity contribution < 1.29 is 19.1 Å². The standard InChI is InChI=1S/C27H32N4O4S/c1-20(32)30-14-16-31(17-15-30)26(33)21-10-12-29(13-11-21)18-19-34-22-6-8-23(9-7-22)35-27-28-24-4-2-3-5-25(24)36-27/h2-9,21H,10-19H2,1H3. The molecule has 0 radical (unpaired) electrons. The van der Waals surface area contributed by atoms with Crippen molar-refractivity contribution in [3.8, 4) is 16.7 Å². The summed E-state index contributed by atoms with van der Waals surface area (Å²) in [4.78, 5) is 35.0. The molecule has 2 saturated heterocycles. The molecule has 2 amide bonds. The first-order valence-corrected chi connectivity index (χ1v) is 13.4. The van der Waals surface area contributed by atoms with Crippen LogP contribution in [0.25, 0.3) is 10.2 Å². The highest BCUT2D eigenvalue weighted by Gasteiger charge is 2.30. The molecule has 0 atom stereocenters. The van der Waals surface area contributed by atoms with Gasteiger partial charge in [-0.05, 0) is 62.3 Å². The van der Waals surface area contributed by atoms with Crippen LogP contribution in [-0.2, 0) is 9.59 Å². The monoisotopic (exact) mass is 508 g/mol. The molecule has 0 saturated carbocycles. The Morgan fingerprint density at radius 1 is 0.917 bits per heavy atom. The molecule has 2 aromatic carbocycles. The topological polar surface area (TPSA) is 75.2 Å². The van der Waals surface area contributed by atoms with Crippen molar-refractivity contribution in [2.24, 2.45) is 5.92 Å². The average Bonchev–Trinajstić information content (AvgIpc) is 3.32. The molecule has 5 rings (SSSR count). The largest absolute Gasteiger partial charge is 0.492 e. The highest BCUT2D eigenvalue weighted by molar-refractivity contribution is 7.20. The molecule has 36 heavy (non-hydrogen) atoms. The maximum absolute atomic E-state index is 12.9. The maximum atomic E-state index is 12.9. The third kappa shape index (κ3) is 5.96. The number of likely N-dealkylation sites (tertiary alicyclic amines) is 1. The summed E-state index contributed by atoms with van der Waals surface area (Å²) >= 11 is 1.53. The van der Waals surface area contributed by atoms with Crippen LogP contribution in [0.1, 0.15) is 19.8 Å². The zero-order chi connectivity index (χ0) is 24.9.